The number of unbranched alkanes of at least 4 members (excludes halogenated alkanes) is 3. The summed E-state index contributed by atoms with van der Waals surface area (Å²) in [7, 11) is 1.68. The maximum Gasteiger partial charge on any atom is 0.155 e. The van der Waals surface area contributed by atoms with Gasteiger partial charge in [-0.3, -0.25) is 9.69 Å². The number of likely N-dealkylation sites (N-methyl/N-ethyl adjacent to an activating group) is 1. The van der Waals surface area contributed by atoms with E-state index in [1.807, 2.05) is 0 Å². The molecule has 2 atom stereocenters. The summed E-state index contributed by atoms with van der Waals surface area (Å²) < 4.78 is 5.24. The van der Waals surface area contributed by atoms with Crippen LogP contribution in [0.1, 0.15) is 59.8 Å². The minimum absolute atomic E-state index is 0.0684. The summed E-state index contributed by atoms with van der Waals surface area (Å²) in [6.45, 7) is 10.8. The molecule has 0 amide bonds. The van der Waals surface area contributed by atoms with Gasteiger partial charge in [0.25, 0.3) is 0 Å². The average Bonchev–Trinajstić information content (AvgIpc) is 2.43. The maximum atomic E-state index is 12.5. The van der Waals surface area contributed by atoms with E-state index in [1.54, 1.807) is 7.11 Å². The molecule has 0 radical (unpaired) electrons. The Hall–Kier alpha value is -0.410. The Labute approximate surface area is 119 Å². The van der Waals surface area contributed by atoms with Crippen LogP contribution < -0.4 is 0 Å². The third-order valence-electron chi connectivity index (χ3n) is 3.88. The molecule has 3 nitrogen and oxygen atoms in total. The molecule has 0 N–H and O–H groups in total. The normalized spacial score (nSPS) is 14.6. The predicted molar refractivity (Wildman–Crippen MR) is 81.5 cm³/mol. The van der Waals surface area contributed by atoms with Crippen LogP contribution >= 0.6 is 0 Å². The molecule has 3 heteroatoms. The number of carbonyl (C=O) groups excluding carboxylic acids is 1. The summed E-state index contributed by atoms with van der Waals surface area (Å²) in [5.41, 5.74) is 0. The number of hydrogen-bond donors (Lipinski definition) is 0. The highest BCUT2D eigenvalue weighted by Gasteiger charge is 2.27. The van der Waals surface area contributed by atoms with E-state index in [1.165, 1.54) is 25.7 Å². The first kappa shape index (κ1) is 18.6. The van der Waals surface area contributed by atoms with Crippen LogP contribution in [0.15, 0.2) is 0 Å². The van der Waals surface area contributed by atoms with Crippen LogP contribution in [0.25, 0.3) is 0 Å². The number of ether oxygens (including phenoxy) is 1. The van der Waals surface area contributed by atoms with Gasteiger partial charge in [0, 0.05) is 13.0 Å². The second-order valence-corrected chi connectivity index (χ2v) is 5.35. The van der Waals surface area contributed by atoms with Crippen LogP contribution in [0.5, 0.6) is 0 Å². The van der Waals surface area contributed by atoms with Gasteiger partial charge in [-0.05, 0) is 19.5 Å². The summed E-state index contributed by atoms with van der Waals surface area (Å²) in [6, 6.07) is -0.0684. The first-order chi connectivity index (χ1) is 9.12. The molecule has 114 valence electrons. The first-order valence-electron chi connectivity index (χ1n) is 7.88. The fourth-order valence-electron chi connectivity index (χ4n) is 2.54. The van der Waals surface area contributed by atoms with Crippen molar-refractivity contribution in [3.8, 4) is 0 Å². The number of nitrogens with zero attached hydrogens (tertiary/aromatic N) is 1. The van der Waals surface area contributed by atoms with Gasteiger partial charge in [-0.1, -0.05) is 53.4 Å². The lowest BCUT2D eigenvalue weighted by molar-refractivity contribution is -0.129. The lowest BCUT2D eigenvalue weighted by Crippen LogP contribution is -2.46. The fourth-order valence-corrected chi connectivity index (χ4v) is 2.54. The van der Waals surface area contributed by atoms with Gasteiger partial charge in [-0.25, -0.2) is 0 Å². The van der Waals surface area contributed by atoms with E-state index >= 15 is 0 Å². The van der Waals surface area contributed by atoms with Gasteiger partial charge in [-0.15, -0.1) is 0 Å². The van der Waals surface area contributed by atoms with Crippen molar-refractivity contribution < 1.29 is 9.53 Å². The van der Waals surface area contributed by atoms with Crippen LogP contribution in [0.4, 0.5) is 0 Å². The van der Waals surface area contributed by atoms with Crippen LogP contribution in [0.2, 0.25) is 0 Å². The molecular formula is C16H33NO2. The van der Waals surface area contributed by atoms with Crippen LogP contribution in [0.3, 0.4) is 0 Å². The molecule has 0 aromatic carbocycles. The monoisotopic (exact) mass is 271 g/mol. The maximum absolute atomic E-state index is 12.5. The van der Waals surface area contributed by atoms with Gasteiger partial charge in [0.05, 0.1) is 12.6 Å². The predicted octanol–water partition coefficient (Wildman–Crippen LogP) is 3.52. The number of hydrogen-bond acceptors (Lipinski definition) is 3. The highest BCUT2D eigenvalue weighted by molar-refractivity contribution is 5.86. The van der Waals surface area contributed by atoms with E-state index in [4.69, 9.17) is 4.74 Å². The van der Waals surface area contributed by atoms with Gasteiger partial charge in [0.2, 0.25) is 0 Å². The SMILES string of the molecule is CCCCCCC(C)C(=O)[C@H](COC)N(CC)CC. The molecule has 0 aliphatic heterocycles. The molecule has 0 aromatic heterocycles. The Morgan fingerprint density at radius 3 is 2.21 bits per heavy atom. The van der Waals surface area contributed by atoms with Crippen molar-refractivity contribution in [1.29, 1.82) is 0 Å². The average molecular weight is 271 g/mol. The van der Waals surface area contributed by atoms with E-state index in [0.717, 1.165) is 19.5 Å². The van der Waals surface area contributed by atoms with E-state index in [9.17, 15) is 4.79 Å². The molecule has 0 aromatic rings. The number of ketones is 1. The minimum Gasteiger partial charge on any atom is -0.383 e. The Bertz CT molecular complexity index is 227. The van der Waals surface area contributed by atoms with Crippen molar-refractivity contribution in [2.75, 3.05) is 26.8 Å². The van der Waals surface area contributed by atoms with Crippen molar-refractivity contribution in [3.05, 3.63) is 0 Å². The highest BCUT2D eigenvalue weighted by Crippen LogP contribution is 2.16. The van der Waals surface area contributed by atoms with Crippen molar-refractivity contribution in [3.63, 3.8) is 0 Å². The fraction of sp³-hybridized carbons (Fsp3) is 0.938. The molecular weight excluding hydrogens is 238 g/mol. The Morgan fingerprint density at radius 2 is 1.74 bits per heavy atom. The summed E-state index contributed by atoms with van der Waals surface area (Å²) in [5.74, 6) is 0.500. The van der Waals surface area contributed by atoms with Gasteiger partial charge in [0.15, 0.2) is 5.78 Å². The van der Waals surface area contributed by atoms with Crippen molar-refractivity contribution in [2.45, 2.75) is 65.8 Å². The zero-order valence-electron chi connectivity index (χ0n) is 13.6. The molecule has 0 aliphatic carbocycles. The molecule has 0 spiro atoms. The Kier molecular flexibility index (Phi) is 11.2. The number of Topliss-reactive ketones (excluding diaryl/α,β-unsaturated/α-hetero) is 1. The zero-order chi connectivity index (χ0) is 14.7. The largest absolute Gasteiger partial charge is 0.383 e. The summed E-state index contributed by atoms with van der Waals surface area (Å²) in [5, 5.41) is 0. The third kappa shape index (κ3) is 7.07. The highest BCUT2D eigenvalue weighted by atomic mass is 16.5. The molecule has 0 heterocycles. The molecule has 19 heavy (non-hydrogen) atoms. The zero-order valence-corrected chi connectivity index (χ0v) is 13.6. The second-order valence-electron chi connectivity index (χ2n) is 5.35. The Morgan fingerprint density at radius 1 is 1.11 bits per heavy atom. The first-order valence-corrected chi connectivity index (χ1v) is 7.88. The third-order valence-corrected chi connectivity index (χ3v) is 3.88. The van der Waals surface area contributed by atoms with Crippen LogP contribution in [0, 0.1) is 5.92 Å². The van der Waals surface area contributed by atoms with E-state index in [2.05, 4.69) is 32.6 Å². The minimum atomic E-state index is -0.0684. The molecule has 0 rings (SSSR count). The molecule has 0 bridgehead atoms. The van der Waals surface area contributed by atoms with Gasteiger partial charge in [0.1, 0.15) is 0 Å². The van der Waals surface area contributed by atoms with Crippen LogP contribution in [-0.2, 0) is 9.53 Å². The summed E-state index contributed by atoms with van der Waals surface area (Å²) in [4.78, 5) is 14.7. The van der Waals surface area contributed by atoms with Crippen molar-refractivity contribution >= 4 is 5.78 Å². The number of rotatable bonds is 12. The summed E-state index contributed by atoms with van der Waals surface area (Å²) >= 11 is 0. The lowest BCUT2D eigenvalue weighted by Gasteiger charge is -2.29. The van der Waals surface area contributed by atoms with Gasteiger partial charge >= 0.3 is 0 Å². The molecule has 0 saturated carbocycles. The van der Waals surface area contributed by atoms with Crippen molar-refractivity contribution in [1.82, 2.24) is 4.90 Å². The Balaban J connectivity index is 4.35. The number of methoxy groups -OCH3 is 1. The standard InChI is InChI=1S/C16H33NO2/c1-6-9-10-11-12-14(4)16(18)15(13-19-5)17(7-2)8-3/h14-15H,6-13H2,1-5H3/t14?,15-/m0/s1. The van der Waals surface area contributed by atoms with E-state index in [-0.39, 0.29) is 12.0 Å². The molecule has 1 unspecified atom stereocenters. The smallest absolute Gasteiger partial charge is 0.155 e. The van der Waals surface area contributed by atoms with Gasteiger partial charge in [-0.2, -0.15) is 0 Å². The number of carbonyl (C=O) groups is 1. The lowest BCUT2D eigenvalue weighted by atomic mass is 9.93. The van der Waals surface area contributed by atoms with Crippen molar-refractivity contribution in [2.24, 2.45) is 5.92 Å². The van der Waals surface area contributed by atoms with E-state index in [0.29, 0.717) is 12.4 Å². The second kappa shape index (κ2) is 11.4. The van der Waals surface area contributed by atoms with Crippen LogP contribution in [-0.4, -0.2) is 43.5 Å². The van der Waals surface area contributed by atoms with E-state index < -0.39 is 0 Å². The molecule has 0 fully saturated rings. The summed E-state index contributed by atoms with van der Waals surface area (Å²) in [6.07, 6.45) is 5.94. The topological polar surface area (TPSA) is 29.5 Å². The quantitative estimate of drug-likeness (QED) is 0.509. The van der Waals surface area contributed by atoms with Gasteiger partial charge < -0.3 is 4.74 Å². The molecule has 0 saturated heterocycles. The molecule has 0 aliphatic rings.